The summed E-state index contributed by atoms with van der Waals surface area (Å²) >= 11 is 3.41. The van der Waals surface area contributed by atoms with Gasteiger partial charge in [-0.3, -0.25) is 0 Å². The van der Waals surface area contributed by atoms with Gasteiger partial charge in [-0.1, -0.05) is 28.1 Å². The molecular weight excluding hydrogens is 226 g/mol. The fraction of sp³-hybridized carbons (Fsp3) is 0.364. The predicted octanol–water partition coefficient (Wildman–Crippen LogP) is 3.40. The van der Waals surface area contributed by atoms with Crippen molar-refractivity contribution in [2.24, 2.45) is 0 Å². The lowest BCUT2D eigenvalue weighted by Crippen LogP contribution is -2.08. The van der Waals surface area contributed by atoms with Crippen LogP contribution >= 0.6 is 15.9 Å². The van der Waals surface area contributed by atoms with Crippen molar-refractivity contribution in [3.05, 3.63) is 45.7 Å². The molecule has 0 N–H and O–H groups in total. The van der Waals surface area contributed by atoms with Crippen LogP contribution in [0.1, 0.15) is 18.4 Å². The minimum absolute atomic E-state index is 0.211. The minimum atomic E-state index is 0.211. The van der Waals surface area contributed by atoms with Gasteiger partial charge in [0.2, 0.25) is 6.54 Å². The van der Waals surface area contributed by atoms with Crippen LogP contribution < -0.4 is 0 Å². The summed E-state index contributed by atoms with van der Waals surface area (Å²) in [5.41, 5.74) is 1.54. The SMILES string of the molecule is [C-]#[N+]CC1(c2ccc(Br)cc2)CC1. The third-order valence-corrected chi connectivity index (χ3v) is 3.22. The van der Waals surface area contributed by atoms with E-state index in [0.29, 0.717) is 6.54 Å². The summed E-state index contributed by atoms with van der Waals surface area (Å²) in [5, 5.41) is 0. The van der Waals surface area contributed by atoms with Gasteiger partial charge in [-0.15, -0.1) is 0 Å². The molecule has 0 aliphatic heterocycles. The van der Waals surface area contributed by atoms with E-state index in [0.717, 1.165) is 4.47 Å². The van der Waals surface area contributed by atoms with Gasteiger partial charge in [-0.05, 0) is 30.5 Å². The molecule has 1 aromatic rings. The summed E-state index contributed by atoms with van der Waals surface area (Å²) in [5.74, 6) is 0. The molecule has 0 aromatic heterocycles. The quantitative estimate of drug-likeness (QED) is 0.693. The lowest BCUT2D eigenvalue weighted by molar-refractivity contribution is 0.758. The Kier molecular flexibility index (Phi) is 2.13. The average Bonchev–Trinajstić information content (AvgIpc) is 2.87. The van der Waals surface area contributed by atoms with Gasteiger partial charge >= 0.3 is 0 Å². The topological polar surface area (TPSA) is 4.36 Å². The van der Waals surface area contributed by atoms with Crippen LogP contribution in [0.5, 0.6) is 0 Å². The second-order valence-electron chi connectivity index (χ2n) is 3.60. The van der Waals surface area contributed by atoms with E-state index < -0.39 is 0 Å². The molecule has 1 saturated carbocycles. The molecule has 0 heterocycles. The molecule has 66 valence electrons. The van der Waals surface area contributed by atoms with Crippen molar-refractivity contribution in [3.8, 4) is 0 Å². The number of halogens is 1. The minimum Gasteiger partial charge on any atom is -0.316 e. The predicted molar refractivity (Wildman–Crippen MR) is 56.5 cm³/mol. The van der Waals surface area contributed by atoms with Crippen molar-refractivity contribution in [2.45, 2.75) is 18.3 Å². The molecule has 0 atom stereocenters. The maximum atomic E-state index is 6.91. The Bertz CT molecular complexity index is 343. The number of nitrogens with zero attached hydrogens (tertiary/aromatic N) is 1. The van der Waals surface area contributed by atoms with Crippen molar-refractivity contribution in [1.29, 1.82) is 0 Å². The second-order valence-corrected chi connectivity index (χ2v) is 4.52. The Hall–Kier alpha value is -0.810. The zero-order valence-corrected chi connectivity index (χ0v) is 8.84. The summed E-state index contributed by atoms with van der Waals surface area (Å²) < 4.78 is 1.11. The van der Waals surface area contributed by atoms with E-state index in [2.05, 4.69) is 45.0 Å². The van der Waals surface area contributed by atoms with Gasteiger partial charge in [0.15, 0.2) is 0 Å². The van der Waals surface area contributed by atoms with Gasteiger partial charge in [0, 0.05) is 4.47 Å². The molecule has 0 spiro atoms. The third kappa shape index (κ3) is 1.62. The van der Waals surface area contributed by atoms with Gasteiger partial charge in [0.05, 0.1) is 5.41 Å². The number of rotatable bonds is 2. The molecule has 1 aliphatic carbocycles. The van der Waals surface area contributed by atoms with Crippen molar-refractivity contribution in [3.63, 3.8) is 0 Å². The Morgan fingerprint density at radius 1 is 1.31 bits per heavy atom. The van der Waals surface area contributed by atoms with E-state index >= 15 is 0 Å². The lowest BCUT2D eigenvalue weighted by Gasteiger charge is -2.07. The van der Waals surface area contributed by atoms with E-state index in [9.17, 15) is 0 Å². The molecule has 0 saturated heterocycles. The van der Waals surface area contributed by atoms with Crippen LogP contribution in [0, 0.1) is 6.57 Å². The van der Waals surface area contributed by atoms with E-state index in [1.165, 1.54) is 18.4 Å². The molecule has 2 rings (SSSR count). The van der Waals surface area contributed by atoms with Gasteiger partial charge < -0.3 is 4.85 Å². The van der Waals surface area contributed by atoms with Crippen molar-refractivity contribution >= 4 is 15.9 Å². The number of benzene rings is 1. The third-order valence-electron chi connectivity index (χ3n) is 2.69. The standard InChI is InChI=1S/C11H10BrN/c1-13-8-11(6-7-11)9-2-4-10(12)5-3-9/h2-5H,6-8H2. The van der Waals surface area contributed by atoms with Crippen LogP contribution in [0.4, 0.5) is 0 Å². The Balaban J connectivity index is 2.26. The highest BCUT2D eigenvalue weighted by Crippen LogP contribution is 2.48. The molecule has 1 aromatic carbocycles. The van der Waals surface area contributed by atoms with Gasteiger partial charge in [0.25, 0.3) is 0 Å². The first kappa shape index (κ1) is 8.77. The first-order chi connectivity index (χ1) is 6.27. The van der Waals surface area contributed by atoms with Crippen LogP contribution in [0.15, 0.2) is 28.7 Å². The lowest BCUT2D eigenvalue weighted by atomic mass is 9.96. The van der Waals surface area contributed by atoms with Crippen molar-refractivity contribution in [2.75, 3.05) is 6.54 Å². The van der Waals surface area contributed by atoms with Crippen LogP contribution in [0.25, 0.3) is 4.85 Å². The molecule has 0 radical (unpaired) electrons. The van der Waals surface area contributed by atoms with E-state index in [1.54, 1.807) is 0 Å². The summed E-state index contributed by atoms with van der Waals surface area (Å²) in [6.45, 7) is 7.55. The van der Waals surface area contributed by atoms with E-state index in [4.69, 9.17) is 6.57 Å². The van der Waals surface area contributed by atoms with Crippen molar-refractivity contribution < 1.29 is 0 Å². The maximum Gasteiger partial charge on any atom is 0.224 e. The van der Waals surface area contributed by atoms with Crippen LogP contribution in [-0.2, 0) is 5.41 Å². The zero-order chi connectivity index (χ0) is 9.31. The van der Waals surface area contributed by atoms with Crippen LogP contribution in [0.3, 0.4) is 0 Å². The molecule has 1 fully saturated rings. The number of hydrogen-bond donors (Lipinski definition) is 0. The fourth-order valence-corrected chi connectivity index (χ4v) is 1.91. The average molecular weight is 236 g/mol. The van der Waals surface area contributed by atoms with Crippen molar-refractivity contribution in [1.82, 2.24) is 0 Å². The highest BCUT2D eigenvalue weighted by molar-refractivity contribution is 9.10. The van der Waals surface area contributed by atoms with E-state index in [-0.39, 0.29) is 5.41 Å². The smallest absolute Gasteiger partial charge is 0.224 e. The molecule has 0 amide bonds. The summed E-state index contributed by atoms with van der Waals surface area (Å²) in [7, 11) is 0. The van der Waals surface area contributed by atoms with Crippen LogP contribution in [0.2, 0.25) is 0 Å². The molecule has 0 unspecified atom stereocenters. The molecule has 0 bridgehead atoms. The first-order valence-electron chi connectivity index (χ1n) is 4.36. The Morgan fingerprint density at radius 2 is 1.92 bits per heavy atom. The first-order valence-corrected chi connectivity index (χ1v) is 5.15. The van der Waals surface area contributed by atoms with Crippen LogP contribution in [-0.4, -0.2) is 6.54 Å². The second kappa shape index (κ2) is 3.16. The summed E-state index contributed by atoms with van der Waals surface area (Å²) in [6.07, 6.45) is 2.36. The normalized spacial score (nSPS) is 17.8. The molecule has 2 heteroatoms. The molecule has 1 aliphatic rings. The van der Waals surface area contributed by atoms with Gasteiger partial charge in [0.1, 0.15) is 0 Å². The highest BCUT2D eigenvalue weighted by atomic mass is 79.9. The van der Waals surface area contributed by atoms with E-state index in [1.807, 2.05) is 0 Å². The number of hydrogen-bond acceptors (Lipinski definition) is 0. The summed E-state index contributed by atoms with van der Waals surface area (Å²) in [6, 6.07) is 8.36. The Morgan fingerprint density at radius 3 is 2.38 bits per heavy atom. The Labute approximate surface area is 86.7 Å². The van der Waals surface area contributed by atoms with Gasteiger partial charge in [-0.25, -0.2) is 6.57 Å². The largest absolute Gasteiger partial charge is 0.316 e. The molecular formula is C11H10BrN. The summed E-state index contributed by atoms with van der Waals surface area (Å²) in [4.78, 5) is 3.51. The molecule has 13 heavy (non-hydrogen) atoms. The maximum absolute atomic E-state index is 6.91. The highest BCUT2D eigenvalue weighted by Gasteiger charge is 2.47. The van der Waals surface area contributed by atoms with Gasteiger partial charge in [-0.2, -0.15) is 0 Å². The fourth-order valence-electron chi connectivity index (χ4n) is 1.64. The molecule has 1 nitrogen and oxygen atoms in total. The zero-order valence-electron chi connectivity index (χ0n) is 7.26. The monoisotopic (exact) mass is 235 g/mol.